The largest absolute Gasteiger partial charge is 0.469 e. The molecule has 2 saturated carbocycles. The van der Waals surface area contributed by atoms with Gasteiger partial charge in [-0.05, 0) is 49.9 Å². The third-order valence-electron chi connectivity index (χ3n) is 6.67. The maximum Gasteiger partial charge on any atom is 0.313 e. The SMILES string of the molecule is C=C1CCC2[C@](C)(CCC[C@]2(C)C(=O)OC)[C@H]1CC(=O)CC(=O)OC. The molecular formula is C20H30O5. The van der Waals surface area contributed by atoms with Crippen LogP contribution in [0, 0.1) is 22.7 Å². The minimum absolute atomic E-state index is 0.00677. The third-order valence-corrected chi connectivity index (χ3v) is 6.67. The summed E-state index contributed by atoms with van der Waals surface area (Å²) >= 11 is 0. The van der Waals surface area contributed by atoms with Crippen LogP contribution in [0.3, 0.4) is 0 Å². The van der Waals surface area contributed by atoms with Crippen LogP contribution in [0.4, 0.5) is 0 Å². The smallest absolute Gasteiger partial charge is 0.313 e. The fourth-order valence-electron chi connectivity index (χ4n) is 5.34. The second-order valence-electron chi connectivity index (χ2n) is 8.07. The van der Waals surface area contributed by atoms with E-state index in [2.05, 4.69) is 18.2 Å². The molecule has 2 fully saturated rings. The van der Waals surface area contributed by atoms with Crippen molar-refractivity contribution in [1.29, 1.82) is 0 Å². The lowest BCUT2D eigenvalue weighted by molar-refractivity contribution is -0.168. The molecule has 0 saturated heterocycles. The molecule has 0 radical (unpaired) electrons. The number of carbonyl (C=O) groups is 3. The summed E-state index contributed by atoms with van der Waals surface area (Å²) in [5.74, 6) is -0.632. The maximum absolute atomic E-state index is 12.5. The van der Waals surface area contributed by atoms with Gasteiger partial charge in [0.1, 0.15) is 12.2 Å². The van der Waals surface area contributed by atoms with Crippen molar-refractivity contribution in [1.82, 2.24) is 0 Å². The van der Waals surface area contributed by atoms with Crippen molar-refractivity contribution in [3.63, 3.8) is 0 Å². The van der Waals surface area contributed by atoms with Crippen LogP contribution >= 0.6 is 0 Å². The number of ketones is 1. The topological polar surface area (TPSA) is 69.7 Å². The second-order valence-corrected chi connectivity index (χ2v) is 8.07. The Labute approximate surface area is 150 Å². The Kier molecular flexibility index (Phi) is 5.75. The predicted molar refractivity (Wildman–Crippen MR) is 93.7 cm³/mol. The number of allylic oxidation sites excluding steroid dienone is 1. The molecule has 0 aromatic carbocycles. The first kappa shape index (κ1) is 19.7. The Balaban J connectivity index is 2.28. The zero-order chi connectivity index (χ0) is 18.8. The zero-order valence-corrected chi connectivity index (χ0v) is 15.9. The van der Waals surface area contributed by atoms with Crippen molar-refractivity contribution in [3.05, 3.63) is 12.2 Å². The van der Waals surface area contributed by atoms with Gasteiger partial charge >= 0.3 is 11.9 Å². The van der Waals surface area contributed by atoms with E-state index >= 15 is 0 Å². The van der Waals surface area contributed by atoms with Crippen LogP contribution in [0.5, 0.6) is 0 Å². The standard InChI is InChI=1S/C20H30O5/c1-13-7-8-16-19(2,9-6-10-20(16,3)18(23)25-5)15(13)11-14(21)12-17(22)24-4/h15-16H,1,6-12H2,2-5H3/t15-,16?,19+,20-/m0/s1. The van der Waals surface area contributed by atoms with E-state index in [-0.39, 0.29) is 41.8 Å². The molecule has 25 heavy (non-hydrogen) atoms. The Hall–Kier alpha value is -1.65. The number of methoxy groups -OCH3 is 2. The molecule has 0 bridgehead atoms. The van der Waals surface area contributed by atoms with Gasteiger partial charge in [0, 0.05) is 6.42 Å². The van der Waals surface area contributed by atoms with Gasteiger partial charge in [-0.1, -0.05) is 25.5 Å². The van der Waals surface area contributed by atoms with E-state index in [0.717, 1.165) is 37.7 Å². The lowest BCUT2D eigenvalue weighted by atomic mass is 9.46. The second kappa shape index (κ2) is 7.30. The molecule has 0 N–H and O–H groups in total. The molecule has 2 rings (SSSR count). The highest BCUT2D eigenvalue weighted by atomic mass is 16.5. The monoisotopic (exact) mass is 350 g/mol. The van der Waals surface area contributed by atoms with Gasteiger partial charge in [-0.3, -0.25) is 14.4 Å². The summed E-state index contributed by atoms with van der Waals surface area (Å²) in [5.41, 5.74) is 0.361. The van der Waals surface area contributed by atoms with Crippen molar-refractivity contribution in [2.45, 2.75) is 58.8 Å². The minimum atomic E-state index is -0.522. The van der Waals surface area contributed by atoms with Crippen molar-refractivity contribution < 1.29 is 23.9 Å². The Morgan fingerprint density at radius 2 is 1.84 bits per heavy atom. The van der Waals surface area contributed by atoms with Crippen molar-refractivity contribution in [2.75, 3.05) is 14.2 Å². The summed E-state index contributed by atoms with van der Waals surface area (Å²) in [7, 11) is 2.73. The molecular weight excluding hydrogens is 320 g/mol. The Morgan fingerprint density at radius 1 is 1.16 bits per heavy atom. The fraction of sp³-hybridized carbons (Fsp3) is 0.750. The van der Waals surface area contributed by atoms with E-state index in [1.807, 2.05) is 6.92 Å². The molecule has 5 nitrogen and oxygen atoms in total. The predicted octanol–water partition coefficient (Wildman–Crippen LogP) is 3.46. The van der Waals surface area contributed by atoms with E-state index in [0.29, 0.717) is 0 Å². The van der Waals surface area contributed by atoms with Gasteiger partial charge in [-0.15, -0.1) is 0 Å². The summed E-state index contributed by atoms with van der Waals surface area (Å²) in [6, 6.07) is 0. The average Bonchev–Trinajstić information content (AvgIpc) is 2.57. The summed E-state index contributed by atoms with van der Waals surface area (Å²) in [6.45, 7) is 8.39. The minimum Gasteiger partial charge on any atom is -0.469 e. The highest BCUT2D eigenvalue weighted by Crippen LogP contribution is 2.62. The van der Waals surface area contributed by atoms with Crippen LogP contribution in [-0.4, -0.2) is 31.9 Å². The molecule has 0 heterocycles. The van der Waals surface area contributed by atoms with Crippen molar-refractivity contribution in [3.8, 4) is 0 Å². The lowest BCUT2D eigenvalue weighted by Gasteiger charge is -2.57. The number of carbonyl (C=O) groups excluding carboxylic acids is 3. The van der Waals surface area contributed by atoms with Gasteiger partial charge in [-0.2, -0.15) is 0 Å². The third kappa shape index (κ3) is 3.51. The first-order chi connectivity index (χ1) is 11.7. The first-order valence-electron chi connectivity index (χ1n) is 9.03. The highest BCUT2D eigenvalue weighted by Gasteiger charge is 2.58. The van der Waals surface area contributed by atoms with Gasteiger partial charge < -0.3 is 9.47 Å². The fourth-order valence-corrected chi connectivity index (χ4v) is 5.34. The molecule has 5 heteroatoms. The number of fused-ring (bicyclic) bond motifs is 1. The summed E-state index contributed by atoms with van der Waals surface area (Å²) < 4.78 is 9.71. The molecule has 0 amide bonds. The van der Waals surface area contributed by atoms with E-state index in [4.69, 9.17) is 4.74 Å². The Morgan fingerprint density at radius 3 is 2.44 bits per heavy atom. The molecule has 140 valence electrons. The number of ether oxygens (including phenoxy) is 2. The van der Waals surface area contributed by atoms with Crippen molar-refractivity contribution in [2.24, 2.45) is 22.7 Å². The summed E-state index contributed by atoms with van der Waals surface area (Å²) in [6.07, 6.45) is 4.49. The van der Waals surface area contributed by atoms with Crippen molar-refractivity contribution >= 4 is 17.7 Å². The van der Waals surface area contributed by atoms with Crippen LogP contribution < -0.4 is 0 Å². The quantitative estimate of drug-likeness (QED) is 0.431. The average molecular weight is 350 g/mol. The molecule has 0 spiro atoms. The molecule has 0 aliphatic heterocycles. The van der Waals surface area contributed by atoms with Gasteiger partial charge in [0.05, 0.1) is 19.6 Å². The number of esters is 2. The number of Topliss-reactive ketones (excluding diaryl/α,β-unsaturated/α-hetero) is 1. The van der Waals surface area contributed by atoms with E-state index in [1.54, 1.807) is 0 Å². The number of hydrogen-bond acceptors (Lipinski definition) is 5. The summed E-state index contributed by atoms with van der Waals surface area (Å²) in [4.78, 5) is 36.3. The zero-order valence-electron chi connectivity index (χ0n) is 15.9. The molecule has 1 unspecified atom stereocenters. The van der Waals surface area contributed by atoms with Gasteiger partial charge in [-0.25, -0.2) is 0 Å². The molecule has 2 aliphatic carbocycles. The van der Waals surface area contributed by atoms with Gasteiger partial charge in [0.2, 0.25) is 0 Å². The molecule has 0 aromatic heterocycles. The van der Waals surface area contributed by atoms with E-state index in [9.17, 15) is 14.4 Å². The summed E-state index contributed by atoms with van der Waals surface area (Å²) in [5, 5.41) is 0. The van der Waals surface area contributed by atoms with E-state index in [1.165, 1.54) is 14.2 Å². The van der Waals surface area contributed by atoms with Gasteiger partial charge in [0.15, 0.2) is 0 Å². The Bertz CT molecular complexity index is 581. The van der Waals surface area contributed by atoms with Gasteiger partial charge in [0.25, 0.3) is 0 Å². The number of hydrogen-bond donors (Lipinski definition) is 0. The molecule has 0 aromatic rings. The van der Waals surface area contributed by atoms with Crippen LogP contribution in [-0.2, 0) is 23.9 Å². The highest BCUT2D eigenvalue weighted by molar-refractivity contribution is 5.95. The lowest BCUT2D eigenvalue weighted by Crippen LogP contribution is -2.54. The first-order valence-corrected chi connectivity index (χ1v) is 9.03. The van der Waals surface area contributed by atoms with Crippen LogP contribution in [0.25, 0.3) is 0 Å². The maximum atomic E-state index is 12.5. The van der Waals surface area contributed by atoms with Crippen LogP contribution in [0.1, 0.15) is 58.8 Å². The van der Waals surface area contributed by atoms with E-state index < -0.39 is 11.4 Å². The van der Waals surface area contributed by atoms with Crippen LogP contribution in [0.15, 0.2) is 12.2 Å². The number of rotatable bonds is 5. The normalized spacial score (nSPS) is 34.8. The molecule has 4 atom stereocenters. The molecule has 2 aliphatic rings. The van der Waals surface area contributed by atoms with Crippen LogP contribution in [0.2, 0.25) is 0 Å².